The maximum atomic E-state index is 12.0. The van der Waals surface area contributed by atoms with E-state index in [1.165, 1.54) is 11.5 Å². The Bertz CT molecular complexity index is 483. The van der Waals surface area contributed by atoms with Crippen LogP contribution in [-0.2, 0) is 9.53 Å². The Morgan fingerprint density at radius 2 is 2.33 bits per heavy atom. The molecule has 1 aromatic heterocycles. The molecule has 0 aliphatic carbocycles. The van der Waals surface area contributed by atoms with Crippen LogP contribution in [0.5, 0.6) is 0 Å². The van der Waals surface area contributed by atoms with Gasteiger partial charge in [-0.05, 0) is 32.3 Å². The molecule has 1 aliphatic rings. The lowest BCUT2D eigenvalue weighted by Gasteiger charge is -2.27. The summed E-state index contributed by atoms with van der Waals surface area (Å²) in [5, 5.41) is 10.3. The predicted octanol–water partition coefficient (Wildman–Crippen LogP) is 0.875. The topological polar surface area (TPSA) is 76.1 Å². The lowest BCUT2D eigenvalue weighted by atomic mass is 10.0. The molecule has 98 valence electrons. The Kier molecular flexibility index (Phi) is 3.93. The smallest absolute Gasteiger partial charge is 0.337 e. The number of allylic oxidation sites excluding steroid dienone is 1. The zero-order valence-electron chi connectivity index (χ0n) is 10.6. The number of carbonyl (C=O) groups is 1. The Morgan fingerprint density at radius 1 is 1.56 bits per heavy atom. The largest absolute Gasteiger partial charge is 0.463 e. The summed E-state index contributed by atoms with van der Waals surface area (Å²) in [5.74, 6) is -0.299. The fourth-order valence-electron chi connectivity index (χ4n) is 1.91. The third kappa shape index (κ3) is 2.37. The van der Waals surface area contributed by atoms with Gasteiger partial charge in [-0.3, -0.25) is 5.32 Å². The number of hydrogen-bond donors (Lipinski definition) is 2. The van der Waals surface area contributed by atoms with Crippen molar-refractivity contribution in [2.24, 2.45) is 0 Å². The molecule has 2 heterocycles. The van der Waals surface area contributed by atoms with Gasteiger partial charge in [0.1, 0.15) is 0 Å². The zero-order valence-corrected chi connectivity index (χ0v) is 11.4. The number of ether oxygens (including phenoxy) is 1. The van der Waals surface area contributed by atoms with Gasteiger partial charge in [-0.15, -0.1) is 5.10 Å². The van der Waals surface area contributed by atoms with E-state index >= 15 is 0 Å². The summed E-state index contributed by atoms with van der Waals surface area (Å²) in [6.45, 7) is 6.54. The van der Waals surface area contributed by atoms with Gasteiger partial charge in [-0.1, -0.05) is 4.49 Å². The molecule has 0 saturated carbocycles. The van der Waals surface area contributed by atoms with Crippen molar-refractivity contribution < 1.29 is 9.53 Å². The van der Waals surface area contributed by atoms with Gasteiger partial charge < -0.3 is 10.1 Å². The van der Waals surface area contributed by atoms with Gasteiger partial charge >= 0.3 is 5.97 Å². The molecule has 2 rings (SSSR count). The summed E-state index contributed by atoms with van der Waals surface area (Å²) < 4.78 is 9.03. The van der Waals surface area contributed by atoms with Crippen molar-refractivity contribution in [3.63, 3.8) is 0 Å². The van der Waals surface area contributed by atoms with Gasteiger partial charge in [0.2, 0.25) is 0 Å². The molecule has 0 amide bonds. The SMILES string of the molecule is CCOC(=O)C1=C(C)NCNC1c1snnc1C. The molecule has 0 saturated heterocycles. The van der Waals surface area contributed by atoms with E-state index in [2.05, 4.69) is 20.2 Å². The van der Waals surface area contributed by atoms with E-state index in [1.54, 1.807) is 6.92 Å². The minimum atomic E-state index is -0.299. The summed E-state index contributed by atoms with van der Waals surface area (Å²) >= 11 is 1.30. The monoisotopic (exact) mass is 268 g/mol. The lowest BCUT2D eigenvalue weighted by molar-refractivity contribution is -0.139. The van der Waals surface area contributed by atoms with Crippen molar-refractivity contribution in [2.75, 3.05) is 13.3 Å². The number of nitrogens with zero attached hydrogens (tertiary/aromatic N) is 2. The zero-order chi connectivity index (χ0) is 13.1. The number of aryl methyl sites for hydroxylation is 1. The van der Waals surface area contributed by atoms with Crippen LogP contribution in [0, 0.1) is 6.92 Å². The van der Waals surface area contributed by atoms with Crippen LogP contribution in [0.2, 0.25) is 0 Å². The highest BCUT2D eigenvalue weighted by Crippen LogP contribution is 2.30. The first-order valence-electron chi connectivity index (χ1n) is 5.79. The number of esters is 1. The molecule has 1 unspecified atom stereocenters. The van der Waals surface area contributed by atoms with E-state index in [1.807, 2.05) is 13.8 Å². The third-order valence-electron chi connectivity index (χ3n) is 2.80. The highest BCUT2D eigenvalue weighted by Gasteiger charge is 2.31. The normalized spacial score (nSPS) is 19.6. The number of nitrogens with one attached hydrogen (secondary N) is 2. The minimum Gasteiger partial charge on any atom is -0.463 e. The lowest BCUT2D eigenvalue weighted by Crippen LogP contribution is -2.41. The second-order valence-electron chi connectivity index (χ2n) is 3.97. The molecular weight excluding hydrogens is 252 g/mol. The summed E-state index contributed by atoms with van der Waals surface area (Å²) in [7, 11) is 0. The average Bonchev–Trinajstić information content (AvgIpc) is 2.75. The maximum absolute atomic E-state index is 12.0. The molecular formula is C11H16N4O2S. The average molecular weight is 268 g/mol. The predicted molar refractivity (Wildman–Crippen MR) is 67.9 cm³/mol. The Morgan fingerprint density at radius 3 is 2.94 bits per heavy atom. The highest BCUT2D eigenvalue weighted by atomic mass is 32.1. The number of aromatic nitrogens is 2. The van der Waals surface area contributed by atoms with Crippen LogP contribution in [0.3, 0.4) is 0 Å². The van der Waals surface area contributed by atoms with E-state index in [0.717, 1.165) is 16.3 Å². The molecule has 18 heavy (non-hydrogen) atoms. The van der Waals surface area contributed by atoms with Crippen molar-refractivity contribution in [2.45, 2.75) is 26.8 Å². The molecule has 0 radical (unpaired) electrons. The van der Waals surface area contributed by atoms with Crippen LogP contribution in [0.15, 0.2) is 11.3 Å². The Labute approximate surface area is 110 Å². The molecule has 0 bridgehead atoms. The van der Waals surface area contributed by atoms with Gasteiger partial charge in [0.05, 0.1) is 35.5 Å². The van der Waals surface area contributed by atoms with Crippen LogP contribution in [-0.4, -0.2) is 28.8 Å². The first kappa shape index (κ1) is 13.0. The standard InChI is InChI=1S/C11H16N4O2S/c1-4-17-11(16)8-6(2)12-5-13-9(8)10-7(3)14-15-18-10/h9,12-13H,4-5H2,1-3H3. The molecule has 0 aromatic carbocycles. The molecule has 0 spiro atoms. The molecule has 1 aliphatic heterocycles. The summed E-state index contributed by atoms with van der Waals surface area (Å²) in [6, 6.07) is -0.190. The van der Waals surface area contributed by atoms with Crippen LogP contribution < -0.4 is 10.6 Å². The van der Waals surface area contributed by atoms with Crippen molar-refractivity contribution in [1.29, 1.82) is 0 Å². The fraction of sp³-hybridized carbons (Fsp3) is 0.545. The molecule has 6 nitrogen and oxygen atoms in total. The van der Waals surface area contributed by atoms with E-state index < -0.39 is 0 Å². The maximum Gasteiger partial charge on any atom is 0.337 e. The van der Waals surface area contributed by atoms with Gasteiger partial charge in [0, 0.05) is 5.70 Å². The van der Waals surface area contributed by atoms with Crippen molar-refractivity contribution >= 4 is 17.5 Å². The molecule has 1 atom stereocenters. The first-order chi connectivity index (χ1) is 8.65. The molecule has 0 fully saturated rings. The number of rotatable bonds is 3. The van der Waals surface area contributed by atoms with E-state index in [4.69, 9.17) is 4.74 Å². The summed E-state index contributed by atoms with van der Waals surface area (Å²) in [5.41, 5.74) is 2.29. The van der Waals surface area contributed by atoms with Crippen molar-refractivity contribution in [1.82, 2.24) is 20.2 Å². The number of hydrogen-bond acceptors (Lipinski definition) is 7. The van der Waals surface area contributed by atoms with Crippen molar-refractivity contribution in [3.8, 4) is 0 Å². The third-order valence-corrected chi connectivity index (χ3v) is 3.69. The second kappa shape index (κ2) is 5.45. The van der Waals surface area contributed by atoms with Gasteiger partial charge in [-0.2, -0.15) is 0 Å². The molecule has 1 aromatic rings. The summed E-state index contributed by atoms with van der Waals surface area (Å²) in [4.78, 5) is 13.0. The van der Waals surface area contributed by atoms with Crippen LogP contribution >= 0.6 is 11.5 Å². The summed E-state index contributed by atoms with van der Waals surface area (Å²) in [6.07, 6.45) is 0. The van der Waals surface area contributed by atoms with Gasteiger partial charge in [-0.25, -0.2) is 4.79 Å². The Balaban J connectivity index is 2.37. The number of carbonyl (C=O) groups excluding carboxylic acids is 1. The molecule has 2 N–H and O–H groups in total. The minimum absolute atomic E-state index is 0.190. The Hall–Kier alpha value is -1.47. The highest BCUT2D eigenvalue weighted by molar-refractivity contribution is 7.05. The van der Waals surface area contributed by atoms with E-state index in [9.17, 15) is 4.79 Å². The fourth-order valence-corrected chi connectivity index (χ4v) is 2.64. The van der Waals surface area contributed by atoms with E-state index in [-0.39, 0.29) is 12.0 Å². The van der Waals surface area contributed by atoms with Crippen LogP contribution in [0.4, 0.5) is 0 Å². The van der Waals surface area contributed by atoms with Crippen molar-refractivity contribution in [3.05, 3.63) is 21.8 Å². The second-order valence-corrected chi connectivity index (χ2v) is 4.76. The van der Waals surface area contributed by atoms with Crippen LogP contribution in [0.1, 0.15) is 30.5 Å². The van der Waals surface area contributed by atoms with Gasteiger partial charge in [0.25, 0.3) is 0 Å². The van der Waals surface area contributed by atoms with E-state index in [0.29, 0.717) is 18.8 Å². The molecule has 7 heteroatoms. The quantitative estimate of drug-likeness (QED) is 0.792. The first-order valence-corrected chi connectivity index (χ1v) is 6.56. The van der Waals surface area contributed by atoms with Crippen LogP contribution in [0.25, 0.3) is 0 Å². The van der Waals surface area contributed by atoms with Gasteiger partial charge in [0.15, 0.2) is 0 Å².